The highest BCUT2D eigenvalue weighted by Gasteiger charge is 2.31. The van der Waals surface area contributed by atoms with Crippen molar-refractivity contribution in [2.75, 3.05) is 19.6 Å². The van der Waals surface area contributed by atoms with Gasteiger partial charge in [-0.2, -0.15) is 4.98 Å². The molecular formula is C22H30N4O4. The van der Waals surface area contributed by atoms with Crippen molar-refractivity contribution in [2.24, 2.45) is 0 Å². The van der Waals surface area contributed by atoms with E-state index in [1.165, 1.54) is 30.6 Å². The first-order valence-corrected chi connectivity index (χ1v) is 10.8. The lowest BCUT2D eigenvalue weighted by atomic mass is 10.1. The molecule has 2 N–H and O–H groups in total. The van der Waals surface area contributed by atoms with Gasteiger partial charge in [-0.1, -0.05) is 56.3 Å². The molecule has 0 bridgehead atoms. The minimum Gasteiger partial charge on any atom is -0.465 e. The predicted molar refractivity (Wildman–Crippen MR) is 112 cm³/mol. The van der Waals surface area contributed by atoms with E-state index in [2.05, 4.69) is 22.4 Å². The molecule has 30 heavy (non-hydrogen) atoms. The van der Waals surface area contributed by atoms with Crippen molar-refractivity contribution in [1.82, 2.24) is 20.4 Å². The molecule has 1 unspecified atom stereocenters. The Kier molecular flexibility index (Phi) is 7.82. The van der Waals surface area contributed by atoms with E-state index in [9.17, 15) is 9.59 Å². The standard InChI is InChI=1S/C22H30N4O4/c1-2-3-4-5-6-7-13-23-20(27)17-10-8-16(9-11-17)19-24-21(30-25-19)18-12-14-26(15-18)22(28)29/h8-11,18H,2-7,12-15H2,1H3,(H,23,27)(H,28,29). The molecule has 1 aliphatic heterocycles. The third kappa shape index (κ3) is 5.81. The molecule has 1 atom stereocenters. The maximum Gasteiger partial charge on any atom is 0.407 e. The molecule has 0 radical (unpaired) electrons. The van der Waals surface area contributed by atoms with Crippen molar-refractivity contribution in [2.45, 2.75) is 57.8 Å². The van der Waals surface area contributed by atoms with E-state index in [0.29, 0.717) is 43.3 Å². The van der Waals surface area contributed by atoms with E-state index in [0.717, 1.165) is 18.4 Å². The highest BCUT2D eigenvalue weighted by Crippen LogP contribution is 2.27. The lowest BCUT2D eigenvalue weighted by Crippen LogP contribution is -2.26. The topological polar surface area (TPSA) is 109 Å². The van der Waals surface area contributed by atoms with Crippen molar-refractivity contribution >= 4 is 12.0 Å². The first-order valence-electron chi connectivity index (χ1n) is 10.8. The number of unbranched alkanes of at least 4 members (excludes halogenated alkanes) is 5. The number of amides is 2. The second-order valence-electron chi connectivity index (χ2n) is 7.77. The zero-order valence-electron chi connectivity index (χ0n) is 17.5. The summed E-state index contributed by atoms with van der Waals surface area (Å²) in [6, 6.07) is 7.10. The van der Waals surface area contributed by atoms with Gasteiger partial charge in [0.15, 0.2) is 0 Å². The monoisotopic (exact) mass is 414 g/mol. The van der Waals surface area contributed by atoms with Gasteiger partial charge in [-0.3, -0.25) is 4.79 Å². The van der Waals surface area contributed by atoms with Gasteiger partial charge < -0.3 is 19.8 Å². The van der Waals surface area contributed by atoms with Gasteiger partial charge in [0.25, 0.3) is 5.91 Å². The first kappa shape index (κ1) is 21.8. The molecule has 0 aliphatic carbocycles. The molecule has 2 heterocycles. The fraction of sp³-hybridized carbons (Fsp3) is 0.545. The van der Waals surface area contributed by atoms with E-state index in [4.69, 9.17) is 9.63 Å². The lowest BCUT2D eigenvalue weighted by Gasteiger charge is -2.09. The van der Waals surface area contributed by atoms with Crippen molar-refractivity contribution in [1.29, 1.82) is 0 Å². The zero-order valence-corrected chi connectivity index (χ0v) is 17.5. The molecule has 8 nitrogen and oxygen atoms in total. The van der Waals surface area contributed by atoms with Crippen molar-refractivity contribution < 1.29 is 19.2 Å². The van der Waals surface area contributed by atoms with Crippen LogP contribution in [0, 0.1) is 0 Å². The van der Waals surface area contributed by atoms with Gasteiger partial charge in [0, 0.05) is 30.8 Å². The molecular weight excluding hydrogens is 384 g/mol. The minimum absolute atomic E-state index is 0.0747. The molecule has 2 aromatic rings. The number of nitrogens with one attached hydrogen (secondary N) is 1. The summed E-state index contributed by atoms with van der Waals surface area (Å²) in [6.07, 6.45) is 6.89. The number of carbonyl (C=O) groups excluding carboxylic acids is 1. The molecule has 3 rings (SSSR count). The summed E-state index contributed by atoms with van der Waals surface area (Å²) in [5, 5.41) is 16.0. The minimum atomic E-state index is -0.928. The van der Waals surface area contributed by atoms with Gasteiger partial charge in [0.05, 0.1) is 5.92 Å². The summed E-state index contributed by atoms with van der Waals surface area (Å²) < 4.78 is 5.35. The largest absolute Gasteiger partial charge is 0.465 e. The summed E-state index contributed by atoms with van der Waals surface area (Å²) in [6.45, 7) is 3.73. The Morgan fingerprint density at radius 2 is 1.90 bits per heavy atom. The number of carbonyl (C=O) groups is 2. The zero-order chi connectivity index (χ0) is 21.3. The van der Waals surface area contributed by atoms with E-state index >= 15 is 0 Å². The second kappa shape index (κ2) is 10.8. The molecule has 1 aromatic carbocycles. The summed E-state index contributed by atoms with van der Waals surface area (Å²) in [5.74, 6) is 0.741. The van der Waals surface area contributed by atoms with E-state index in [-0.39, 0.29) is 11.8 Å². The number of hydrogen-bond donors (Lipinski definition) is 2. The summed E-state index contributed by atoms with van der Waals surface area (Å²) in [5.41, 5.74) is 1.35. The molecule has 1 aliphatic rings. The number of likely N-dealkylation sites (tertiary alicyclic amines) is 1. The highest BCUT2D eigenvalue weighted by atomic mass is 16.5. The van der Waals surface area contributed by atoms with Crippen LogP contribution in [0.25, 0.3) is 11.4 Å². The maximum atomic E-state index is 12.3. The average Bonchev–Trinajstić information content (AvgIpc) is 3.43. The summed E-state index contributed by atoms with van der Waals surface area (Å²) >= 11 is 0. The Labute approximate surface area is 176 Å². The van der Waals surface area contributed by atoms with Crippen LogP contribution in [0.1, 0.15) is 74.0 Å². The average molecular weight is 415 g/mol. The number of nitrogens with zero attached hydrogens (tertiary/aromatic N) is 3. The molecule has 0 saturated carbocycles. The molecule has 8 heteroatoms. The molecule has 1 aromatic heterocycles. The van der Waals surface area contributed by atoms with Gasteiger partial charge in [0.2, 0.25) is 11.7 Å². The van der Waals surface area contributed by atoms with Crippen LogP contribution in [0.2, 0.25) is 0 Å². The maximum absolute atomic E-state index is 12.3. The number of rotatable bonds is 10. The summed E-state index contributed by atoms with van der Waals surface area (Å²) in [4.78, 5) is 29.1. The summed E-state index contributed by atoms with van der Waals surface area (Å²) in [7, 11) is 0. The number of carboxylic acid groups (broad SMARTS) is 1. The van der Waals surface area contributed by atoms with Crippen LogP contribution in [0.5, 0.6) is 0 Å². The number of aromatic nitrogens is 2. The molecule has 0 spiro atoms. The van der Waals surface area contributed by atoms with Crippen LogP contribution >= 0.6 is 0 Å². The highest BCUT2D eigenvalue weighted by molar-refractivity contribution is 5.94. The fourth-order valence-corrected chi connectivity index (χ4v) is 3.63. The molecule has 1 fully saturated rings. The van der Waals surface area contributed by atoms with Crippen LogP contribution in [0.15, 0.2) is 28.8 Å². The van der Waals surface area contributed by atoms with E-state index < -0.39 is 6.09 Å². The Bertz CT molecular complexity index is 834. The second-order valence-corrected chi connectivity index (χ2v) is 7.77. The molecule has 2 amide bonds. The Hall–Kier alpha value is -2.90. The predicted octanol–water partition coefficient (Wildman–Crippen LogP) is 4.29. The number of hydrogen-bond acceptors (Lipinski definition) is 5. The Morgan fingerprint density at radius 3 is 2.60 bits per heavy atom. The fourth-order valence-electron chi connectivity index (χ4n) is 3.63. The van der Waals surface area contributed by atoms with Crippen molar-refractivity contribution in [3.8, 4) is 11.4 Å². The van der Waals surface area contributed by atoms with Gasteiger partial charge in [-0.25, -0.2) is 4.79 Å². The third-order valence-corrected chi connectivity index (χ3v) is 5.47. The van der Waals surface area contributed by atoms with Crippen molar-refractivity contribution in [3.05, 3.63) is 35.7 Å². The van der Waals surface area contributed by atoms with E-state index in [1.807, 2.05) is 0 Å². The Morgan fingerprint density at radius 1 is 1.17 bits per heavy atom. The van der Waals surface area contributed by atoms with Crippen LogP contribution in [-0.2, 0) is 0 Å². The van der Waals surface area contributed by atoms with Crippen LogP contribution in [-0.4, -0.2) is 51.8 Å². The van der Waals surface area contributed by atoms with E-state index in [1.54, 1.807) is 24.3 Å². The van der Waals surface area contributed by atoms with Gasteiger partial charge in [-0.05, 0) is 25.0 Å². The SMILES string of the molecule is CCCCCCCCNC(=O)c1ccc(-c2noc(C3CCN(C(=O)O)C3)n2)cc1. The quantitative estimate of drug-likeness (QED) is 0.561. The van der Waals surface area contributed by atoms with Gasteiger partial charge in [-0.15, -0.1) is 0 Å². The van der Waals surface area contributed by atoms with Crippen molar-refractivity contribution in [3.63, 3.8) is 0 Å². The van der Waals surface area contributed by atoms with Gasteiger partial charge >= 0.3 is 6.09 Å². The first-order chi connectivity index (χ1) is 14.6. The smallest absolute Gasteiger partial charge is 0.407 e. The van der Waals surface area contributed by atoms with Crippen LogP contribution < -0.4 is 5.32 Å². The Balaban J connectivity index is 1.48. The van der Waals surface area contributed by atoms with Crippen LogP contribution in [0.3, 0.4) is 0 Å². The normalized spacial score (nSPS) is 16.0. The lowest BCUT2D eigenvalue weighted by molar-refractivity contribution is 0.0953. The number of benzene rings is 1. The van der Waals surface area contributed by atoms with Crippen LogP contribution in [0.4, 0.5) is 4.79 Å². The molecule has 1 saturated heterocycles. The third-order valence-electron chi connectivity index (χ3n) is 5.47. The molecule has 162 valence electrons. The van der Waals surface area contributed by atoms with Gasteiger partial charge in [0.1, 0.15) is 0 Å².